The van der Waals surface area contributed by atoms with Gasteiger partial charge < -0.3 is 4.57 Å². The highest BCUT2D eigenvalue weighted by atomic mass is 32.2. The molecular weight excluding hydrogens is 430 g/mol. The summed E-state index contributed by atoms with van der Waals surface area (Å²) in [5.74, 6) is 0.817. The van der Waals surface area contributed by atoms with Gasteiger partial charge >= 0.3 is 0 Å². The van der Waals surface area contributed by atoms with E-state index in [1.165, 1.54) is 9.71 Å². The van der Waals surface area contributed by atoms with Crippen LogP contribution in [0.3, 0.4) is 0 Å². The Kier molecular flexibility index (Phi) is 6.47. The minimum absolute atomic E-state index is 0.438. The first-order chi connectivity index (χ1) is 14.9. The fraction of sp³-hybridized carbons (Fsp3) is 0.273. The van der Waals surface area contributed by atoms with E-state index in [9.17, 15) is 8.42 Å². The van der Waals surface area contributed by atoms with E-state index in [1.807, 2.05) is 72.3 Å². The standard InChI is InChI=1S/C22H25N5O2S2/c1-24-21(20-10-6-3-7-11-20)23-27(22(24)30)18-25-13-15-26(16-14-25)31(28,29)17-12-19-8-4-2-5-9-19/h2-12,17H,13-16,18H2,1H3/b17-12+. The molecule has 2 heterocycles. The second-order valence-corrected chi connectivity index (χ2v) is 9.63. The molecule has 0 N–H and O–H groups in total. The maximum atomic E-state index is 12.7. The van der Waals surface area contributed by atoms with Gasteiger partial charge in [-0.1, -0.05) is 60.7 Å². The number of piperazine rings is 1. The summed E-state index contributed by atoms with van der Waals surface area (Å²) in [5.41, 5.74) is 1.87. The fourth-order valence-corrected chi connectivity index (χ4v) is 4.91. The average Bonchev–Trinajstić information content (AvgIpc) is 3.08. The molecule has 0 atom stereocenters. The molecule has 1 aromatic heterocycles. The number of aromatic nitrogens is 3. The molecule has 1 aliphatic rings. The molecule has 0 saturated carbocycles. The SMILES string of the molecule is Cn1c(-c2ccccc2)nn(CN2CCN(S(=O)(=O)/C=C/c3ccccc3)CC2)c1=S. The predicted molar refractivity (Wildman–Crippen MR) is 125 cm³/mol. The zero-order valence-corrected chi connectivity index (χ0v) is 19.0. The van der Waals surface area contributed by atoms with E-state index in [4.69, 9.17) is 17.3 Å². The predicted octanol–water partition coefficient (Wildman–Crippen LogP) is 3.19. The Morgan fingerprint density at radius 3 is 2.23 bits per heavy atom. The monoisotopic (exact) mass is 455 g/mol. The number of sulfonamides is 1. The summed E-state index contributed by atoms with van der Waals surface area (Å²) < 4.78 is 31.2. The van der Waals surface area contributed by atoms with Crippen LogP contribution in [-0.2, 0) is 23.7 Å². The van der Waals surface area contributed by atoms with Crippen molar-refractivity contribution in [3.05, 3.63) is 76.4 Å². The second-order valence-electron chi connectivity index (χ2n) is 7.45. The van der Waals surface area contributed by atoms with Crippen molar-refractivity contribution in [2.24, 2.45) is 7.05 Å². The molecular formula is C22H25N5O2S2. The zero-order chi connectivity index (χ0) is 21.8. The third kappa shape index (κ3) is 5.01. The van der Waals surface area contributed by atoms with Gasteiger partial charge in [0, 0.05) is 44.2 Å². The summed E-state index contributed by atoms with van der Waals surface area (Å²) in [7, 11) is -1.53. The van der Waals surface area contributed by atoms with Gasteiger partial charge in [0.25, 0.3) is 0 Å². The first-order valence-corrected chi connectivity index (χ1v) is 12.0. The van der Waals surface area contributed by atoms with Crippen LogP contribution in [-0.4, -0.2) is 58.1 Å². The van der Waals surface area contributed by atoms with Crippen LogP contribution < -0.4 is 0 Å². The van der Waals surface area contributed by atoms with E-state index >= 15 is 0 Å². The maximum Gasteiger partial charge on any atom is 0.236 e. The Hall–Kier alpha value is -2.59. The van der Waals surface area contributed by atoms with Gasteiger partial charge in [0.05, 0.1) is 6.67 Å². The average molecular weight is 456 g/mol. The van der Waals surface area contributed by atoms with Crippen molar-refractivity contribution in [3.63, 3.8) is 0 Å². The van der Waals surface area contributed by atoms with Crippen LogP contribution in [0.15, 0.2) is 66.1 Å². The Bertz CT molecular complexity index is 1210. The molecule has 2 aromatic carbocycles. The molecule has 3 aromatic rings. The highest BCUT2D eigenvalue weighted by Gasteiger charge is 2.25. The summed E-state index contributed by atoms with van der Waals surface area (Å²) in [6, 6.07) is 19.4. The molecule has 0 aliphatic carbocycles. The third-order valence-corrected chi connectivity index (χ3v) is 7.38. The largest absolute Gasteiger partial charge is 0.303 e. The lowest BCUT2D eigenvalue weighted by atomic mass is 10.2. The number of benzene rings is 2. The van der Waals surface area contributed by atoms with Crippen LogP contribution in [0.25, 0.3) is 17.5 Å². The van der Waals surface area contributed by atoms with Crippen LogP contribution in [0, 0.1) is 4.77 Å². The number of hydrogen-bond donors (Lipinski definition) is 0. The lowest BCUT2D eigenvalue weighted by molar-refractivity contribution is 0.145. The summed E-state index contributed by atoms with van der Waals surface area (Å²) in [6.45, 7) is 2.66. The minimum atomic E-state index is -3.45. The van der Waals surface area contributed by atoms with Gasteiger partial charge in [0.15, 0.2) is 10.6 Å². The molecule has 0 unspecified atom stereocenters. The van der Waals surface area contributed by atoms with Gasteiger partial charge in [-0.15, -0.1) is 0 Å². The Morgan fingerprint density at radius 1 is 0.968 bits per heavy atom. The highest BCUT2D eigenvalue weighted by molar-refractivity contribution is 7.92. The van der Waals surface area contributed by atoms with Gasteiger partial charge in [-0.25, -0.2) is 13.1 Å². The van der Waals surface area contributed by atoms with E-state index in [-0.39, 0.29) is 0 Å². The van der Waals surface area contributed by atoms with E-state index in [1.54, 1.807) is 10.8 Å². The molecule has 1 saturated heterocycles. The topological polar surface area (TPSA) is 63.4 Å². The van der Waals surface area contributed by atoms with Crippen LogP contribution in [0.5, 0.6) is 0 Å². The molecule has 4 rings (SSSR count). The Morgan fingerprint density at radius 2 is 1.58 bits per heavy atom. The van der Waals surface area contributed by atoms with Gasteiger partial charge in [-0.2, -0.15) is 9.40 Å². The molecule has 9 heteroatoms. The highest BCUT2D eigenvalue weighted by Crippen LogP contribution is 2.18. The van der Waals surface area contributed by atoms with Crippen LogP contribution in [0.1, 0.15) is 5.56 Å². The lowest BCUT2D eigenvalue weighted by Gasteiger charge is -2.32. The molecule has 0 spiro atoms. The van der Waals surface area contributed by atoms with Crippen molar-refractivity contribution in [1.82, 2.24) is 23.6 Å². The quantitative estimate of drug-likeness (QED) is 0.534. The fourth-order valence-electron chi connectivity index (χ4n) is 3.55. The molecule has 0 radical (unpaired) electrons. The number of nitrogens with zero attached hydrogens (tertiary/aromatic N) is 5. The lowest BCUT2D eigenvalue weighted by Crippen LogP contribution is -2.48. The molecule has 162 valence electrons. The summed E-state index contributed by atoms with van der Waals surface area (Å²) in [4.78, 5) is 2.17. The van der Waals surface area contributed by atoms with Gasteiger partial charge in [-0.05, 0) is 23.9 Å². The molecule has 0 bridgehead atoms. The maximum absolute atomic E-state index is 12.7. The summed E-state index contributed by atoms with van der Waals surface area (Å²) >= 11 is 5.57. The Labute approximate surface area is 187 Å². The molecule has 1 fully saturated rings. The van der Waals surface area contributed by atoms with E-state index < -0.39 is 10.0 Å². The molecule has 0 amide bonds. The van der Waals surface area contributed by atoms with Crippen molar-refractivity contribution in [1.29, 1.82) is 0 Å². The van der Waals surface area contributed by atoms with E-state index in [0.717, 1.165) is 17.0 Å². The normalized spacial score (nSPS) is 16.2. The van der Waals surface area contributed by atoms with Crippen LogP contribution in [0.2, 0.25) is 0 Å². The van der Waals surface area contributed by atoms with Crippen LogP contribution >= 0.6 is 12.2 Å². The van der Waals surface area contributed by atoms with Gasteiger partial charge in [-0.3, -0.25) is 4.90 Å². The second kappa shape index (κ2) is 9.27. The number of rotatable bonds is 6. The molecule has 31 heavy (non-hydrogen) atoms. The van der Waals surface area contributed by atoms with Crippen molar-refractivity contribution in [2.75, 3.05) is 26.2 Å². The van der Waals surface area contributed by atoms with Crippen molar-refractivity contribution in [2.45, 2.75) is 6.67 Å². The van der Waals surface area contributed by atoms with E-state index in [0.29, 0.717) is 37.6 Å². The Balaban J connectivity index is 1.40. The minimum Gasteiger partial charge on any atom is -0.303 e. The van der Waals surface area contributed by atoms with Gasteiger partial charge in [0.1, 0.15) is 0 Å². The summed E-state index contributed by atoms with van der Waals surface area (Å²) in [5, 5.41) is 5.99. The summed E-state index contributed by atoms with van der Waals surface area (Å²) in [6.07, 6.45) is 1.64. The number of hydrogen-bond acceptors (Lipinski definition) is 5. The first-order valence-electron chi connectivity index (χ1n) is 10.1. The smallest absolute Gasteiger partial charge is 0.236 e. The van der Waals surface area contributed by atoms with Gasteiger partial charge in [0.2, 0.25) is 10.0 Å². The zero-order valence-electron chi connectivity index (χ0n) is 17.3. The third-order valence-electron chi connectivity index (χ3n) is 5.33. The van der Waals surface area contributed by atoms with Crippen molar-refractivity contribution < 1.29 is 8.42 Å². The molecule has 1 aliphatic heterocycles. The van der Waals surface area contributed by atoms with E-state index in [2.05, 4.69) is 4.90 Å². The first kappa shape index (κ1) is 21.6. The van der Waals surface area contributed by atoms with Crippen molar-refractivity contribution >= 4 is 28.3 Å². The van der Waals surface area contributed by atoms with Crippen molar-refractivity contribution in [3.8, 4) is 11.4 Å². The van der Waals surface area contributed by atoms with Crippen LogP contribution in [0.4, 0.5) is 0 Å². The molecule has 7 nitrogen and oxygen atoms in total.